The molecule has 2 nitrogen and oxygen atoms in total. The third kappa shape index (κ3) is 2.21. The summed E-state index contributed by atoms with van der Waals surface area (Å²) in [6, 6.07) is 5.86. The molecule has 0 atom stereocenters. The summed E-state index contributed by atoms with van der Waals surface area (Å²) in [6.07, 6.45) is 0.452. The van der Waals surface area contributed by atoms with Gasteiger partial charge in [0.25, 0.3) is 0 Å². The van der Waals surface area contributed by atoms with E-state index in [0.29, 0.717) is 6.42 Å². The van der Waals surface area contributed by atoms with Gasteiger partial charge in [0, 0.05) is 5.56 Å². The molecule has 0 saturated carbocycles. The maximum absolute atomic E-state index is 12.1. The van der Waals surface area contributed by atoms with Crippen LogP contribution in [0.25, 0.3) is 0 Å². The van der Waals surface area contributed by atoms with Gasteiger partial charge in [0.15, 0.2) is 5.78 Å². The van der Waals surface area contributed by atoms with E-state index in [4.69, 9.17) is 4.74 Å². The summed E-state index contributed by atoms with van der Waals surface area (Å²) in [7, 11) is 0. The number of para-hydroxylation sites is 1. The lowest BCUT2D eigenvalue weighted by atomic mass is 9.82. The first-order valence-electron chi connectivity index (χ1n) is 6.06. The number of ketones is 1. The Hall–Kier alpha value is -1.31. The van der Waals surface area contributed by atoms with Crippen LogP contribution < -0.4 is 4.74 Å². The first-order chi connectivity index (χ1) is 7.71. The number of hydrogen-bond donors (Lipinski definition) is 0. The zero-order chi connectivity index (χ0) is 12.8. The number of Topliss-reactive ketones (excluding diaryl/α,β-unsaturated/α-hetero) is 1. The Kier molecular flexibility index (Phi) is 2.57. The molecule has 92 valence electrons. The quantitative estimate of drug-likeness (QED) is 0.681. The topological polar surface area (TPSA) is 26.3 Å². The van der Waals surface area contributed by atoms with E-state index in [1.54, 1.807) is 0 Å². The van der Waals surface area contributed by atoms with Gasteiger partial charge in [-0.2, -0.15) is 0 Å². The molecule has 2 heteroatoms. The number of hydrogen-bond acceptors (Lipinski definition) is 2. The molecule has 0 unspecified atom stereocenters. The molecule has 0 aromatic heterocycles. The molecule has 1 aliphatic rings. The van der Waals surface area contributed by atoms with Crippen molar-refractivity contribution in [2.24, 2.45) is 0 Å². The second kappa shape index (κ2) is 3.59. The second-order valence-corrected chi connectivity index (χ2v) is 6.39. The van der Waals surface area contributed by atoms with E-state index >= 15 is 0 Å². The van der Waals surface area contributed by atoms with Crippen LogP contribution >= 0.6 is 0 Å². The summed E-state index contributed by atoms with van der Waals surface area (Å²) in [6.45, 7) is 10.3. The molecule has 17 heavy (non-hydrogen) atoms. The van der Waals surface area contributed by atoms with Crippen LogP contribution in [0.5, 0.6) is 5.75 Å². The largest absolute Gasteiger partial charge is 0.486 e. The Balaban J connectivity index is 2.62. The van der Waals surface area contributed by atoms with E-state index < -0.39 is 5.60 Å². The predicted octanol–water partition coefficient (Wildman–Crippen LogP) is 3.73. The number of ether oxygens (including phenoxy) is 1. The zero-order valence-corrected chi connectivity index (χ0v) is 11.3. The lowest BCUT2D eigenvalue weighted by molar-refractivity contribution is 0.0608. The standard InChI is InChI=1S/C15H20O2/c1-14(2,3)11-8-6-7-10-12(16)9-15(4,5)17-13(10)11/h6-8H,9H2,1-5H3. The Morgan fingerprint density at radius 3 is 2.47 bits per heavy atom. The van der Waals surface area contributed by atoms with Crippen molar-refractivity contribution in [3.63, 3.8) is 0 Å². The average Bonchev–Trinajstić information content (AvgIpc) is 2.13. The van der Waals surface area contributed by atoms with E-state index in [0.717, 1.165) is 16.9 Å². The molecule has 1 aromatic carbocycles. The van der Waals surface area contributed by atoms with Crippen LogP contribution in [0.2, 0.25) is 0 Å². The lowest BCUT2D eigenvalue weighted by Gasteiger charge is -2.35. The first kappa shape index (κ1) is 12.2. The lowest BCUT2D eigenvalue weighted by Crippen LogP contribution is -2.37. The summed E-state index contributed by atoms with van der Waals surface area (Å²) in [5.41, 5.74) is 1.43. The summed E-state index contributed by atoms with van der Waals surface area (Å²) in [4.78, 5) is 12.1. The highest BCUT2D eigenvalue weighted by atomic mass is 16.5. The first-order valence-corrected chi connectivity index (χ1v) is 6.06. The van der Waals surface area contributed by atoms with Gasteiger partial charge in [0.05, 0.1) is 12.0 Å². The Labute approximate surface area is 103 Å². The van der Waals surface area contributed by atoms with E-state index in [1.165, 1.54) is 0 Å². The van der Waals surface area contributed by atoms with Gasteiger partial charge in [-0.3, -0.25) is 4.79 Å². The Morgan fingerprint density at radius 1 is 1.24 bits per heavy atom. The fraction of sp³-hybridized carbons (Fsp3) is 0.533. The molecule has 0 N–H and O–H groups in total. The molecule has 0 amide bonds. The molecule has 0 radical (unpaired) electrons. The van der Waals surface area contributed by atoms with E-state index in [1.807, 2.05) is 32.0 Å². The molecule has 0 aliphatic carbocycles. The van der Waals surface area contributed by atoms with E-state index in [9.17, 15) is 4.79 Å². The van der Waals surface area contributed by atoms with Crippen LogP contribution in [0.3, 0.4) is 0 Å². The molecule has 2 rings (SSSR count). The number of fused-ring (bicyclic) bond motifs is 1. The fourth-order valence-corrected chi connectivity index (χ4v) is 2.25. The maximum atomic E-state index is 12.1. The minimum Gasteiger partial charge on any atom is -0.486 e. The minimum absolute atomic E-state index is 0.0148. The Morgan fingerprint density at radius 2 is 1.88 bits per heavy atom. The van der Waals surface area contributed by atoms with Crippen molar-refractivity contribution in [2.45, 2.75) is 52.1 Å². The van der Waals surface area contributed by atoms with Crippen molar-refractivity contribution in [3.8, 4) is 5.75 Å². The number of carbonyl (C=O) groups excluding carboxylic acids is 1. The molecular formula is C15H20O2. The molecule has 0 saturated heterocycles. The zero-order valence-electron chi connectivity index (χ0n) is 11.3. The van der Waals surface area contributed by atoms with E-state index in [-0.39, 0.29) is 11.2 Å². The van der Waals surface area contributed by atoms with Crippen molar-refractivity contribution >= 4 is 5.78 Å². The molecule has 1 heterocycles. The van der Waals surface area contributed by atoms with Crippen LogP contribution in [0, 0.1) is 0 Å². The second-order valence-electron chi connectivity index (χ2n) is 6.39. The molecule has 0 bridgehead atoms. The van der Waals surface area contributed by atoms with Crippen molar-refractivity contribution < 1.29 is 9.53 Å². The van der Waals surface area contributed by atoms with Gasteiger partial charge in [-0.1, -0.05) is 32.9 Å². The Bertz CT molecular complexity index is 464. The highest BCUT2D eigenvalue weighted by Gasteiger charge is 2.35. The maximum Gasteiger partial charge on any atom is 0.170 e. The van der Waals surface area contributed by atoms with Crippen LogP contribution in [0.15, 0.2) is 18.2 Å². The molecule has 1 aliphatic heterocycles. The van der Waals surface area contributed by atoms with Crippen LogP contribution in [-0.2, 0) is 5.41 Å². The van der Waals surface area contributed by atoms with Crippen molar-refractivity contribution in [1.29, 1.82) is 0 Å². The molecule has 0 spiro atoms. The monoisotopic (exact) mass is 232 g/mol. The number of carbonyl (C=O) groups is 1. The highest BCUT2D eigenvalue weighted by Crippen LogP contribution is 2.40. The third-order valence-electron chi connectivity index (χ3n) is 3.09. The molecule has 0 fully saturated rings. The summed E-state index contributed by atoms with van der Waals surface area (Å²) >= 11 is 0. The van der Waals surface area contributed by atoms with Crippen molar-refractivity contribution in [1.82, 2.24) is 0 Å². The van der Waals surface area contributed by atoms with Gasteiger partial charge in [-0.05, 0) is 25.3 Å². The average molecular weight is 232 g/mol. The smallest absolute Gasteiger partial charge is 0.170 e. The van der Waals surface area contributed by atoms with Gasteiger partial charge in [-0.25, -0.2) is 0 Å². The minimum atomic E-state index is -0.397. The van der Waals surface area contributed by atoms with Crippen molar-refractivity contribution in [3.05, 3.63) is 29.3 Å². The molecular weight excluding hydrogens is 212 g/mol. The van der Waals surface area contributed by atoms with Gasteiger partial charge in [0.2, 0.25) is 0 Å². The summed E-state index contributed by atoms with van der Waals surface area (Å²) < 4.78 is 6.03. The summed E-state index contributed by atoms with van der Waals surface area (Å²) in [5.74, 6) is 0.962. The highest BCUT2D eigenvalue weighted by molar-refractivity contribution is 6.00. The van der Waals surface area contributed by atoms with Crippen LogP contribution in [-0.4, -0.2) is 11.4 Å². The number of rotatable bonds is 0. The van der Waals surface area contributed by atoms with Gasteiger partial charge < -0.3 is 4.74 Å². The SMILES string of the molecule is CC1(C)CC(=O)c2cccc(C(C)(C)C)c2O1. The normalized spacial score (nSPS) is 18.5. The van der Waals surface area contributed by atoms with Crippen LogP contribution in [0.1, 0.15) is 57.0 Å². The van der Waals surface area contributed by atoms with Crippen LogP contribution in [0.4, 0.5) is 0 Å². The van der Waals surface area contributed by atoms with E-state index in [2.05, 4.69) is 20.8 Å². The van der Waals surface area contributed by atoms with Gasteiger partial charge in [-0.15, -0.1) is 0 Å². The fourth-order valence-electron chi connectivity index (χ4n) is 2.25. The van der Waals surface area contributed by atoms with Gasteiger partial charge >= 0.3 is 0 Å². The summed E-state index contributed by atoms with van der Waals surface area (Å²) in [5, 5.41) is 0. The number of benzene rings is 1. The third-order valence-corrected chi connectivity index (χ3v) is 3.09. The van der Waals surface area contributed by atoms with Crippen molar-refractivity contribution in [2.75, 3.05) is 0 Å². The predicted molar refractivity (Wildman–Crippen MR) is 68.8 cm³/mol. The van der Waals surface area contributed by atoms with Gasteiger partial charge in [0.1, 0.15) is 11.4 Å². The molecule has 1 aromatic rings.